The number of carbonyl (C=O) groups is 1. The Bertz CT molecular complexity index is 703. The number of amides is 1. The van der Waals surface area contributed by atoms with Crippen LogP contribution in [0.5, 0.6) is 0 Å². The minimum Gasteiger partial charge on any atom is -0.379 e. The van der Waals surface area contributed by atoms with Crippen LogP contribution in [0, 0.1) is 0 Å². The van der Waals surface area contributed by atoms with Crippen LogP contribution in [0.1, 0.15) is 16.1 Å². The Morgan fingerprint density at radius 2 is 2.08 bits per heavy atom. The van der Waals surface area contributed by atoms with E-state index in [-0.39, 0.29) is 0 Å². The summed E-state index contributed by atoms with van der Waals surface area (Å²) in [6.07, 6.45) is 5.74. The summed E-state index contributed by atoms with van der Waals surface area (Å²) < 4.78 is 5.34. The number of hydrogen-bond acceptors (Lipinski definition) is 9. The lowest BCUT2D eigenvalue weighted by Gasteiger charge is -2.26. The van der Waals surface area contributed by atoms with Gasteiger partial charge >= 0.3 is 0 Å². The third-order valence-electron chi connectivity index (χ3n) is 3.68. The van der Waals surface area contributed by atoms with Crippen LogP contribution in [0.15, 0.2) is 18.6 Å². The number of rotatable bonds is 8. The highest BCUT2D eigenvalue weighted by molar-refractivity contribution is 7.17. The molecule has 0 spiro atoms. The quantitative estimate of drug-likeness (QED) is 0.592. The van der Waals surface area contributed by atoms with E-state index in [0.717, 1.165) is 45.8 Å². The van der Waals surface area contributed by atoms with Crippen molar-refractivity contribution in [2.24, 2.45) is 5.73 Å². The van der Waals surface area contributed by atoms with Gasteiger partial charge in [0.2, 0.25) is 0 Å². The van der Waals surface area contributed by atoms with E-state index in [2.05, 4.69) is 30.5 Å². The number of thiazole rings is 1. The Balaban J connectivity index is 1.46. The first-order valence-corrected chi connectivity index (χ1v) is 8.91. The van der Waals surface area contributed by atoms with E-state index in [4.69, 9.17) is 10.5 Å². The zero-order chi connectivity index (χ0) is 17.5. The van der Waals surface area contributed by atoms with Crippen molar-refractivity contribution in [2.75, 3.05) is 50.0 Å². The van der Waals surface area contributed by atoms with E-state index in [1.54, 1.807) is 12.4 Å². The van der Waals surface area contributed by atoms with Crippen LogP contribution >= 0.6 is 11.3 Å². The second kappa shape index (κ2) is 8.70. The Kier molecular flexibility index (Phi) is 6.09. The Morgan fingerprint density at radius 1 is 1.28 bits per heavy atom. The number of primary amides is 1. The number of ether oxygens (including phenoxy) is 1. The molecule has 0 saturated carbocycles. The SMILES string of the molecule is NC(=O)c1cnc(Nc2cncc(NCCCN3CCOCC3)n2)s1. The van der Waals surface area contributed by atoms with Gasteiger partial charge in [0.15, 0.2) is 10.9 Å². The number of anilines is 3. The summed E-state index contributed by atoms with van der Waals surface area (Å²) in [6, 6.07) is 0. The Hall–Kier alpha value is -2.30. The Labute approximate surface area is 149 Å². The molecule has 0 aliphatic carbocycles. The highest BCUT2D eigenvalue weighted by atomic mass is 32.1. The second-order valence-corrected chi connectivity index (χ2v) is 6.57. The average molecular weight is 363 g/mol. The third-order valence-corrected chi connectivity index (χ3v) is 4.61. The highest BCUT2D eigenvalue weighted by Crippen LogP contribution is 2.21. The molecular weight excluding hydrogens is 342 g/mol. The predicted octanol–water partition coefficient (Wildman–Crippen LogP) is 0.910. The van der Waals surface area contributed by atoms with Crippen molar-refractivity contribution in [3.8, 4) is 0 Å². The zero-order valence-corrected chi connectivity index (χ0v) is 14.6. The summed E-state index contributed by atoms with van der Waals surface area (Å²) in [6.45, 7) is 5.50. The molecule has 0 unspecified atom stereocenters. The molecular formula is C15H21N7O2S. The maximum absolute atomic E-state index is 11.1. The number of hydrogen-bond donors (Lipinski definition) is 3. The van der Waals surface area contributed by atoms with Crippen molar-refractivity contribution in [2.45, 2.75) is 6.42 Å². The summed E-state index contributed by atoms with van der Waals surface area (Å²) >= 11 is 1.18. The van der Waals surface area contributed by atoms with Crippen LogP contribution in [-0.4, -0.2) is 65.2 Å². The van der Waals surface area contributed by atoms with Crippen LogP contribution in [0.4, 0.5) is 16.8 Å². The minimum absolute atomic E-state index is 0.396. The fraction of sp³-hybridized carbons (Fsp3) is 0.467. The van der Waals surface area contributed by atoms with Gasteiger partial charge in [-0.3, -0.25) is 14.7 Å². The molecule has 1 aliphatic heterocycles. The smallest absolute Gasteiger partial charge is 0.260 e. The van der Waals surface area contributed by atoms with Crippen LogP contribution in [0.3, 0.4) is 0 Å². The third kappa shape index (κ3) is 5.34. The van der Waals surface area contributed by atoms with Gasteiger partial charge in [-0.05, 0) is 13.0 Å². The summed E-state index contributed by atoms with van der Waals surface area (Å²) in [4.78, 5) is 26.6. The second-order valence-electron chi connectivity index (χ2n) is 5.54. The first-order chi connectivity index (χ1) is 12.2. The molecule has 9 nitrogen and oxygen atoms in total. The van der Waals surface area contributed by atoms with Gasteiger partial charge in [-0.1, -0.05) is 11.3 Å². The van der Waals surface area contributed by atoms with E-state index in [9.17, 15) is 4.79 Å². The molecule has 3 heterocycles. The van der Waals surface area contributed by atoms with Crippen LogP contribution in [0.2, 0.25) is 0 Å². The van der Waals surface area contributed by atoms with E-state index >= 15 is 0 Å². The molecule has 1 aliphatic rings. The number of morpholine rings is 1. The van der Waals surface area contributed by atoms with Crippen molar-refractivity contribution in [3.05, 3.63) is 23.5 Å². The van der Waals surface area contributed by atoms with Crippen molar-refractivity contribution in [1.29, 1.82) is 0 Å². The molecule has 25 heavy (non-hydrogen) atoms. The molecule has 0 radical (unpaired) electrons. The van der Waals surface area contributed by atoms with Gasteiger partial charge in [-0.2, -0.15) is 0 Å². The molecule has 1 fully saturated rings. The number of carbonyl (C=O) groups excluding carboxylic acids is 1. The first-order valence-electron chi connectivity index (χ1n) is 8.09. The van der Waals surface area contributed by atoms with Crippen LogP contribution in [0.25, 0.3) is 0 Å². The number of aromatic nitrogens is 3. The summed E-state index contributed by atoms with van der Waals surface area (Å²) in [5.74, 6) is 0.759. The maximum Gasteiger partial charge on any atom is 0.260 e. The largest absolute Gasteiger partial charge is 0.379 e. The van der Waals surface area contributed by atoms with Gasteiger partial charge < -0.3 is 21.1 Å². The normalized spacial score (nSPS) is 15.0. The number of nitrogens with one attached hydrogen (secondary N) is 2. The number of nitrogens with zero attached hydrogens (tertiary/aromatic N) is 4. The first kappa shape index (κ1) is 17.5. The topological polar surface area (TPSA) is 118 Å². The van der Waals surface area contributed by atoms with E-state index in [1.807, 2.05) is 0 Å². The standard InChI is InChI=1S/C15H21N7O2S/c16-14(23)11-8-19-15(25-11)21-13-10-17-9-12(20-13)18-2-1-3-22-4-6-24-7-5-22/h8-10H,1-7H2,(H2,16,23)(H2,18,19,20,21). The molecule has 2 aromatic rings. The number of nitrogens with two attached hydrogens (primary N) is 1. The van der Waals surface area contributed by atoms with Crippen LogP contribution < -0.4 is 16.4 Å². The zero-order valence-electron chi connectivity index (χ0n) is 13.8. The molecule has 0 aromatic carbocycles. The van der Waals surface area contributed by atoms with E-state index < -0.39 is 5.91 Å². The van der Waals surface area contributed by atoms with Crippen molar-refractivity contribution in [3.63, 3.8) is 0 Å². The predicted molar refractivity (Wildman–Crippen MR) is 96.3 cm³/mol. The fourth-order valence-corrected chi connectivity index (χ4v) is 3.09. The molecule has 1 amide bonds. The Morgan fingerprint density at radius 3 is 2.84 bits per heavy atom. The van der Waals surface area contributed by atoms with Crippen molar-refractivity contribution < 1.29 is 9.53 Å². The monoisotopic (exact) mass is 363 g/mol. The van der Waals surface area contributed by atoms with Crippen molar-refractivity contribution >= 4 is 34.0 Å². The van der Waals surface area contributed by atoms with E-state index in [1.165, 1.54) is 17.5 Å². The van der Waals surface area contributed by atoms with Gasteiger partial charge in [0.05, 0.1) is 31.8 Å². The molecule has 1 saturated heterocycles. The lowest BCUT2D eigenvalue weighted by Crippen LogP contribution is -2.37. The average Bonchev–Trinajstić information content (AvgIpc) is 3.09. The molecule has 134 valence electrons. The summed E-state index contributed by atoms with van der Waals surface area (Å²) in [5.41, 5.74) is 5.22. The van der Waals surface area contributed by atoms with Gasteiger partial charge in [-0.25, -0.2) is 9.97 Å². The lowest BCUT2D eigenvalue weighted by molar-refractivity contribution is 0.0378. The molecule has 10 heteroatoms. The molecule has 3 rings (SSSR count). The van der Waals surface area contributed by atoms with Crippen LogP contribution in [-0.2, 0) is 4.74 Å². The summed E-state index contributed by atoms with van der Waals surface area (Å²) in [5, 5.41) is 6.85. The molecule has 2 aromatic heterocycles. The summed E-state index contributed by atoms with van der Waals surface area (Å²) in [7, 11) is 0. The molecule has 0 bridgehead atoms. The molecule has 0 atom stereocenters. The minimum atomic E-state index is -0.493. The van der Waals surface area contributed by atoms with Gasteiger partial charge in [0.25, 0.3) is 5.91 Å². The highest BCUT2D eigenvalue weighted by Gasteiger charge is 2.10. The van der Waals surface area contributed by atoms with Gasteiger partial charge in [0.1, 0.15) is 10.7 Å². The fourth-order valence-electron chi connectivity index (χ4n) is 2.41. The lowest BCUT2D eigenvalue weighted by atomic mass is 10.3. The maximum atomic E-state index is 11.1. The van der Waals surface area contributed by atoms with Crippen molar-refractivity contribution in [1.82, 2.24) is 19.9 Å². The van der Waals surface area contributed by atoms with Gasteiger partial charge in [-0.15, -0.1) is 0 Å². The van der Waals surface area contributed by atoms with Gasteiger partial charge in [0, 0.05) is 19.6 Å². The van der Waals surface area contributed by atoms with E-state index in [0.29, 0.717) is 21.6 Å². The molecule has 4 N–H and O–H groups in total.